The number of carbonyl (C=O) groups is 2. The van der Waals surface area contributed by atoms with E-state index in [2.05, 4.69) is 118 Å². The predicted octanol–water partition coefficient (Wildman–Crippen LogP) is 17.5. The molecular formula is C57H96O5. The molecule has 1 atom stereocenters. The van der Waals surface area contributed by atoms with Gasteiger partial charge >= 0.3 is 11.9 Å². The molecule has 0 aromatic heterocycles. The Kier molecular flexibility index (Phi) is 49.5. The van der Waals surface area contributed by atoms with Crippen LogP contribution in [0.4, 0.5) is 0 Å². The minimum absolute atomic E-state index is 0.0456. The van der Waals surface area contributed by atoms with Crippen LogP contribution in [0.1, 0.15) is 226 Å². The molecule has 0 saturated carbocycles. The third-order valence-electron chi connectivity index (χ3n) is 10.6. The SMILES string of the molecule is CC/C=C\C/C=C\C/C=C\C/C=C\C/C=C\CCCC(=O)OCC(COCCCCCCCCCC/C=C\C/C=C\CCCCC)OC(=O)CCCCCCC/C=C\CCCC. The summed E-state index contributed by atoms with van der Waals surface area (Å²) in [5.74, 6) is -0.482. The summed E-state index contributed by atoms with van der Waals surface area (Å²) in [7, 11) is 0. The van der Waals surface area contributed by atoms with E-state index in [-0.39, 0.29) is 25.2 Å². The summed E-state index contributed by atoms with van der Waals surface area (Å²) < 4.78 is 17.3. The molecule has 0 spiro atoms. The minimum Gasteiger partial charge on any atom is -0.462 e. The van der Waals surface area contributed by atoms with Gasteiger partial charge < -0.3 is 14.2 Å². The van der Waals surface area contributed by atoms with Crippen LogP contribution in [0.2, 0.25) is 0 Å². The molecule has 0 heterocycles. The maximum absolute atomic E-state index is 12.8. The Bertz CT molecular complexity index is 1200. The van der Waals surface area contributed by atoms with Crippen LogP contribution in [0.3, 0.4) is 0 Å². The molecule has 0 amide bonds. The highest BCUT2D eigenvalue weighted by Crippen LogP contribution is 2.13. The minimum atomic E-state index is -0.571. The number of carbonyl (C=O) groups excluding carboxylic acids is 2. The van der Waals surface area contributed by atoms with Crippen LogP contribution in [0.5, 0.6) is 0 Å². The molecule has 0 fully saturated rings. The molecule has 0 bridgehead atoms. The van der Waals surface area contributed by atoms with Gasteiger partial charge in [0.25, 0.3) is 0 Å². The van der Waals surface area contributed by atoms with Crippen LogP contribution in [-0.2, 0) is 23.8 Å². The van der Waals surface area contributed by atoms with Crippen molar-refractivity contribution in [3.8, 4) is 0 Å². The molecular weight excluding hydrogens is 765 g/mol. The number of esters is 2. The molecule has 0 aliphatic carbocycles. The summed E-state index contributed by atoms with van der Waals surface area (Å²) in [5, 5.41) is 0. The van der Waals surface area contributed by atoms with Crippen molar-refractivity contribution in [2.45, 2.75) is 232 Å². The van der Waals surface area contributed by atoms with Gasteiger partial charge in [0.2, 0.25) is 0 Å². The van der Waals surface area contributed by atoms with Gasteiger partial charge in [-0.2, -0.15) is 0 Å². The van der Waals surface area contributed by atoms with E-state index in [9.17, 15) is 9.59 Å². The molecule has 0 radical (unpaired) electrons. The van der Waals surface area contributed by atoms with Crippen molar-refractivity contribution in [2.24, 2.45) is 0 Å². The fraction of sp³-hybridized carbons (Fsp3) is 0.684. The normalized spacial score (nSPS) is 13.0. The Balaban J connectivity index is 4.35. The summed E-state index contributed by atoms with van der Waals surface area (Å²) in [4.78, 5) is 25.3. The van der Waals surface area contributed by atoms with Crippen molar-refractivity contribution in [1.29, 1.82) is 0 Å². The highest BCUT2D eigenvalue weighted by molar-refractivity contribution is 5.70. The van der Waals surface area contributed by atoms with Gasteiger partial charge in [-0.25, -0.2) is 0 Å². The van der Waals surface area contributed by atoms with Crippen LogP contribution >= 0.6 is 0 Å². The third-order valence-corrected chi connectivity index (χ3v) is 10.6. The largest absolute Gasteiger partial charge is 0.462 e. The van der Waals surface area contributed by atoms with Gasteiger partial charge in [0.15, 0.2) is 6.10 Å². The van der Waals surface area contributed by atoms with Gasteiger partial charge in [-0.1, -0.05) is 201 Å². The first-order chi connectivity index (χ1) is 30.6. The maximum Gasteiger partial charge on any atom is 0.306 e. The molecule has 0 rings (SSSR count). The molecule has 0 aliphatic rings. The van der Waals surface area contributed by atoms with Crippen molar-refractivity contribution in [2.75, 3.05) is 19.8 Å². The zero-order chi connectivity index (χ0) is 44.9. The molecule has 62 heavy (non-hydrogen) atoms. The number of ether oxygens (including phenoxy) is 3. The number of unbranched alkanes of at least 4 members (excludes halogenated alkanes) is 19. The quantitative estimate of drug-likeness (QED) is 0.0347. The standard InChI is InChI=1S/C57H96O5/c1-4-7-10-13-16-19-22-24-26-28-30-32-34-37-40-43-46-49-52-60-53-55(62-57(59)51-48-45-42-39-35-21-18-15-12-9-6-3)54-61-56(58)50-47-44-41-38-36-33-31-29-27-25-23-20-17-14-11-8-5-2/h8,11,15-20,24-27,31,33,38,41,55H,4-7,9-10,12-14,21-23,28-30,32,34-37,39-40,42-54H2,1-3H3/b11-8-,18-15-,19-16-,20-17-,26-24-,27-25-,33-31-,41-38-. The molecule has 5 nitrogen and oxygen atoms in total. The van der Waals surface area contributed by atoms with Crippen LogP contribution < -0.4 is 0 Å². The van der Waals surface area contributed by atoms with Gasteiger partial charge in [0.1, 0.15) is 6.61 Å². The first-order valence-corrected chi connectivity index (χ1v) is 25.8. The number of hydrogen-bond donors (Lipinski definition) is 0. The molecule has 0 saturated heterocycles. The zero-order valence-electron chi connectivity index (χ0n) is 40.6. The Labute approximate surface area is 383 Å². The molecule has 1 unspecified atom stereocenters. The van der Waals surface area contributed by atoms with E-state index in [0.717, 1.165) is 89.9 Å². The van der Waals surface area contributed by atoms with E-state index in [1.165, 1.54) is 103 Å². The van der Waals surface area contributed by atoms with E-state index in [0.29, 0.717) is 19.4 Å². The van der Waals surface area contributed by atoms with Crippen molar-refractivity contribution >= 4 is 11.9 Å². The van der Waals surface area contributed by atoms with E-state index in [1.54, 1.807) is 0 Å². The molecule has 0 N–H and O–H groups in total. The number of hydrogen-bond acceptors (Lipinski definition) is 5. The third kappa shape index (κ3) is 49.5. The average Bonchev–Trinajstić information content (AvgIpc) is 3.27. The maximum atomic E-state index is 12.8. The summed E-state index contributed by atoms with van der Waals surface area (Å²) in [5.41, 5.74) is 0. The lowest BCUT2D eigenvalue weighted by molar-refractivity contribution is -0.163. The van der Waals surface area contributed by atoms with E-state index >= 15 is 0 Å². The zero-order valence-corrected chi connectivity index (χ0v) is 40.6. The van der Waals surface area contributed by atoms with Crippen molar-refractivity contribution in [1.82, 2.24) is 0 Å². The monoisotopic (exact) mass is 861 g/mol. The Hall–Kier alpha value is -3.18. The van der Waals surface area contributed by atoms with Gasteiger partial charge in [-0.15, -0.1) is 0 Å². The van der Waals surface area contributed by atoms with E-state index < -0.39 is 6.10 Å². The summed E-state index contributed by atoms with van der Waals surface area (Å²) in [6, 6.07) is 0. The van der Waals surface area contributed by atoms with Gasteiger partial charge in [-0.05, 0) is 109 Å². The second-order valence-electron chi connectivity index (χ2n) is 16.7. The Morgan fingerprint density at radius 1 is 0.371 bits per heavy atom. The lowest BCUT2D eigenvalue weighted by atomic mass is 10.1. The summed E-state index contributed by atoms with van der Waals surface area (Å²) >= 11 is 0. The number of allylic oxidation sites excluding steroid dienone is 16. The first kappa shape index (κ1) is 58.8. The smallest absolute Gasteiger partial charge is 0.306 e. The highest BCUT2D eigenvalue weighted by atomic mass is 16.6. The Morgan fingerprint density at radius 3 is 1.27 bits per heavy atom. The lowest BCUT2D eigenvalue weighted by Gasteiger charge is -2.18. The van der Waals surface area contributed by atoms with Gasteiger partial charge in [-0.3, -0.25) is 9.59 Å². The van der Waals surface area contributed by atoms with Crippen molar-refractivity contribution < 1.29 is 23.8 Å². The van der Waals surface area contributed by atoms with Crippen LogP contribution in [0.15, 0.2) is 97.2 Å². The lowest BCUT2D eigenvalue weighted by Crippen LogP contribution is -2.30. The van der Waals surface area contributed by atoms with Gasteiger partial charge in [0, 0.05) is 19.4 Å². The van der Waals surface area contributed by atoms with Crippen molar-refractivity contribution in [3.05, 3.63) is 97.2 Å². The molecule has 0 aromatic carbocycles. The predicted molar refractivity (Wildman–Crippen MR) is 270 cm³/mol. The van der Waals surface area contributed by atoms with Crippen LogP contribution in [-0.4, -0.2) is 37.9 Å². The molecule has 5 heteroatoms. The fourth-order valence-electron chi connectivity index (χ4n) is 6.73. The van der Waals surface area contributed by atoms with Gasteiger partial charge in [0.05, 0.1) is 6.61 Å². The molecule has 0 aromatic rings. The van der Waals surface area contributed by atoms with Crippen LogP contribution in [0, 0.1) is 0 Å². The van der Waals surface area contributed by atoms with Crippen molar-refractivity contribution in [3.63, 3.8) is 0 Å². The second kappa shape index (κ2) is 52.2. The van der Waals surface area contributed by atoms with E-state index in [4.69, 9.17) is 14.2 Å². The summed E-state index contributed by atoms with van der Waals surface area (Å²) in [6.45, 7) is 7.57. The number of rotatable bonds is 46. The molecule has 354 valence electrons. The topological polar surface area (TPSA) is 61.8 Å². The highest BCUT2D eigenvalue weighted by Gasteiger charge is 2.17. The summed E-state index contributed by atoms with van der Waals surface area (Å²) in [6.07, 6.45) is 69.9. The van der Waals surface area contributed by atoms with Crippen LogP contribution in [0.25, 0.3) is 0 Å². The Morgan fingerprint density at radius 2 is 0.758 bits per heavy atom. The second-order valence-corrected chi connectivity index (χ2v) is 16.7. The fourth-order valence-corrected chi connectivity index (χ4v) is 6.73. The van der Waals surface area contributed by atoms with E-state index in [1.807, 2.05) is 0 Å². The average molecular weight is 861 g/mol. The molecule has 0 aliphatic heterocycles. The first-order valence-electron chi connectivity index (χ1n) is 25.8.